The van der Waals surface area contributed by atoms with E-state index in [0.717, 1.165) is 15.7 Å². The van der Waals surface area contributed by atoms with Gasteiger partial charge in [-0.05, 0) is 17.1 Å². The number of fused-ring (bicyclic) bond motifs is 1. The molecule has 0 aromatic carbocycles. The van der Waals surface area contributed by atoms with Gasteiger partial charge < -0.3 is 21.1 Å². The van der Waals surface area contributed by atoms with Crippen molar-refractivity contribution in [3.05, 3.63) is 17.5 Å². The van der Waals surface area contributed by atoms with Crippen molar-refractivity contribution in [1.82, 2.24) is 24.7 Å². The van der Waals surface area contributed by atoms with Crippen molar-refractivity contribution in [2.75, 3.05) is 39.7 Å². The maximum atomic E-state index is 11.8. The number of β-lactam (4-membered cyclic amide) rings is 1. The Bertz CT molecular complexity index is 767. The third-order valence-electron chi connectivity index (χ3n) is 3.88. The summed E-state index contributed by atoms with van der Waals surface area (Å²) < 4.78 is 4.67. The Morgan fingerprint density at radius 2 is 2.29 bits per heavy atom. The van der Waals surface area contributed by atoms with Crippen molar-refractivity contribution in [1.29, 1.82) is 0 Å². The second-order valence-corrected chi connectivity index (χ2v) is 9.08. The number of aliphatic carboxylic acids is 1. The molecule has 28 heavy (non-hydrogen) atoms. The van der Waals surface area contributed by atoms with Crippen LogP contribution >= 0.6 is 35.1 Å². The molecule has 3 rings (SSSR count). The first-order chi connectivity index (χ1) is 13.3. The number of amides is 1. The number of hydrogen-bond acceptors (Lipinski definition) is 9. The summed E-state index contributed by atoms with van der Waals surface area (Å²) in [7, 11) is 7.49. The number of aromatic nitrogens is 2. The zero-order chi connectivity index (χ0) is 20.8. The molecule has 1 aromatic rings. The van der Waals surface area contributed by atoms with E-state index < -0.39 is 12.0 Å². The van der Waals surface area contributed by atoms with Gasteiger partial charge >= 0.3 is 5.97 Å². The van der Waals surface area contributed by atoms with Gasteiger partial charge in [0.15, 0.2) is 5.96 Å². The van der Waals surface area contributed by atoms with Crippen LogP contribution in [0.25, 0.3) is 0 Å². The minimum Gasteiger partial charge on any atom is -0.477 e. The lowest BCUT2D eigenvalue weighted by atomic mass is 10.0. The van der Waals surface area contributed by atoms with Gasteiger partial charge in [0.2, 0.25) is 5.91 Å². The fourth-order valence-electron chi connectivity index (χ4n) is 2.61. The minimum atomic E-state index is -1.08. The van der Waals surface area contributed by atoms with Crippen LogP contribution < -0.4 is 11.1 Å². The monoisotopic (exact) mass is 445 g/mol. The number of nitrogens with two attached hydrogens (primary N) is 1. The summed E-state index contributed by atoms with van der Waals surface area (Å²) in [5, 5.41) is 15.8. The van der Waals surface area contributed by atoms with Gasteiger partial charge in [0.25, 0.3) is 0 Å². The molecule has 154 valence electrons. The highest BCUT2D eigenvalue weighted by molar-refractivity contribution is 8.01. The van der Waals surface area contributed by atoms with Crippen LogP contribution in [0.15, 0.2) is 26.7 Å². The van der Waals surface area contributed by atoms with Gasteiger partial charge in [-0.2, -0.15) is 0 Å². The number of thioether (sulfide) groups is 2. The predicted octanol–water partition coefficient (Wildman–Crippen LogP) is -0.0355. The van der Waals surface area contributed by atoms with E-state index in [-0.39, 0.29) is 17.0 Å². The Morgan fingerprint density at radius 3 is 2.75 bits per heavy atom. The summed E-state index contributed by atoms with van der Waals surface area (Å²) in [4.78, 5) is 30.4. The normalized spacial score (nSPS) is 21.4. The van der Waals surface area contributed by atoms with Gasteiger partial charge in [-0.25, -0.2) is 4.79 Å². The fraction of sp³-hybridized carbons (Fsp3) is 0.533. The number of carboxylic acid groups (broad SMARTS) is 1. The molecule has 1 fully saturated rings. The van der Waals surface area contributed by atoms with Gasteiger partial charge in [0.05, 0.1) is 6.20 Å². The summed E-state index contributed by atoms with van der Waals surface area (Å²) in [5.41, 5.74) is 6.51. The molecule has 1 aromatic heterocycles. The van der Waals surface area contributed by atoms with E-state index in [1.807, 2.05) is 26.0 Å². The average Bonchev–Trinajstić information content (AvgIpc) is 3.19. The molecule has 13 heteroatoms. The van der Waals surface area contributed by atoms with E-state index >= 15 is 0 Å². The largest absolute Gasteiger partial charge is 0.477 e. The Balaban J connectivity index is 0.000000300. The lowest BCUT2D eigenvalue weighted by Crippen LogP contribution is -2.68. The molecule has 2 aliphatic rings. The maximum Gasteiger partial charge on any atom is 0.352 e. The molecular formula is C15H23N7O3S3. The van der Waals surface area contributed by atoms with E-state index in [4.69, 9.17) is 5.73 Å². The standard InChI is InChI=1S/C10H10N4O3S3.C5H13N3/c11-6-8(15)14-7(10(16)17)4(3-19-9(6)14)2-18-5-1-12-13-20-5;1-6-5(7-2)8(3)4/h1,6,9H,2-3,11H2,(H,16,17);1-4H3,(H,6,7)/t6-,9+;/m0./s1. The topological polar surface area (TPSA) is 137 Å². The maximum absolute atomic E-state index is 11.8. The zero-order valence-electron chi connectivity index (χ0n) is 15.9. The first-order valence-electron chi connectivity index (χ1n) is 8.19. The second kappa shape index (κ2) is 10.1. The zero-order valence-corrected chi connectivity index (χ0v) is 18.4. The molecule has 0 spiro atoms. The Kier molecular flexibility index (Phi) is 8.10. The molecule has 0 radical (unpaired) electrons. The number of carboxylic acids is 1. The molecule has 0 unspecified atom stereocenters. The summed E-state index contributed by atoms with van der Waals surface area (Å²) in [6.45, 7) is 0. The Labute approximate surface area is 175 Å². The smallest absolute Gasteiger partial charge is 0.352 e. The number of guanidine groups is 1. The molecule has 4 N–H and O–H groups in total. The SMILES string of the molecule is C/N=C(\NC)N(C)C.N[C@H]1C(=O)N2C(C(=O)O)=C(CSc3cnns3)CS[C@H]12. The van der Waals surface area contributed by atoms with Gasteiger partial charge in [-0.15, -0.1) is 28.6 Å². The second-order valence-electron chi connectivity index (χ2n) is 5.91. The molecular weight excluding hydrogens is 422 g/mol. The van der Waals surface area contributed by atoms with Crippen LogP contribution in [-0.4, -0.2) is 93.4 Å². The summed E-state index contributed by atoms with van der Waals surface area (Å²) >= 11 is 4.24. The van der Waals surface area contributed by atoms with Crippen LogP contribution in [0.1, 0.15) is 0 Å². The van der Waals surface area contributed by atoms with Gasteiger partial charge in [0, 0.05) is 39.7 Å². The molecule has 1 amide bonds. The number of carbonyl (C=O) groups is 2. The van der Waals surface area contributed by atoms with Crippen molar-refractivity contribution < 1.29 is 14.7 Å². The molecule has 10 nitrogen and oxygen atoms in total. The number of carbonyl (C=O) groups excluding carboxylic acids is 1. The van der Waals surface area contributed by atoms with E-state index in [2.05, 4.69) is 19.9 Å². The van der Waals surface area contributed by atoms with Crippen LogP contribution in [0.2, 0.25) is 0 Å². The molecule has 0 aliphatic carbocycles. The van der Waals surface area contributed by atoms with Crippen LogP contribution in [0.5, 0.6) is 0 Å². The first-order valence-corrected chi connectivity index (χ1v) is 11.0. The third kappa shape index (κ3) is 4.96. The third-order valence-corrected chi connectivity index (χ3v) is 7.16. The number of nitrogens with zero attached hydrogens (tertiary/aromatic N) is 5. The van der Waals surface area contributed by atoms with Crippen molar-refractivity contribution in [3.8, 4) is 0 Å². The minimum absolute atomic E-state index is 0.0884. The molecule has 2 aliphatic heterocycles. The van der Waals surface area contributed by atoms with E-state index in [1.54, 1.807) is 13.2 Å². The molecule has 2 atom stereocenters. The average molecular weight is 446 g/mol. The van der Waals surface area contributed by atoms with E-state index in [0.29, 0.717) is 11.5 Å². The van der Waals surface area contributed by atoms with Gasteiger partial charge in [-0.1, -0.05) is 4.49 Å². The highest BCUT2D eigenvalue weighted by Gasteiger charge is 2.51. The number of nitrogens with one attached hydrogen (secondary N) is 1. The van der Waals surface area contributed by atoms with Gasteiger partial charge in [-0.3, -0.25) is 14.7 Å². The van der Waals surface area contributed by atoms with Gasteiger partial charge in [0.1, 0.15) is 21.3 Å². The van der Waals surface area contributed by atoms with E-state index in [9.17, 15) is 14.7 Å². The molecule has 0 saturated carbocycles. The summed E-state index contributed by atoms with van der Waals surface area (Å²) in [6, 6.07) is -0.589. The molecule has 0 bridgehead atoms. The quantitative estimate of drug-likeness (QED) is 0.251. The number of hydrogen-bond donors (Lipinski definition) is 3. The van der Waals surface area contributed by atoms with Crippen LogP contribution in [0.3, 0.4) is 0 Å². The Morgan fingerprint density at radius 1 is 1.57 bits per heavy atom. The van der Waals surface area contributed by atoms with Crippen LogP contribution in [0, 0.1) is 0 Å². The lowest BCUT2D eigenvalue weighted by molar-refractivity contribution is -0.147. The van der Waals surface area contributed by atoms with Crippen LogP contribution in [0.4, 0.5) is 0 Å². The molecule has 1 saturated heterocycles. The van der Waals surface area contributed by atoms with Crippen LogP contribution in [-0.2, 0) is 9.59 Å². The number of aliphatic imine (C=N–C) groups is 1. The molecule has 3 heterocycles. The van der Waals surface area contributed by atoms with Crippen molar-refractivity contribution in [3.63, 3.8) is 0 Å². The fourth-order valence-corrected chi connectivity index (χ4v) is 5.46. The number of rotatable bonds is 4. The Hall–Kier alpha value is -1.83. The highest BCUT2D eigenvalue weighted by Crippen LogP contribution is 2.40. The van der Waals surface area contributed by atoms with E-state index in [1.165, 1.54) is 40.0 Å². The van der Waals surface area contributed by atoms with Crippen molar-refractivity contribution in [2.45, 2.75) is 15.6 Å². The predicted molar refractivity (Wildman–Crippen MR) is 112 cm³/mol. The first kappa shape index (κ1) is 22.5. The van der Waals surface area contributed by atoms with Crippen molar-refractivity contribution in [2.24, 2.45) is 10.7 Å². The summed E-state index contributed by atoms with van der Waals surface area (Å²) in [6.07, 6.45) is 1.64. The van der Waals surface area contributed by atoms with Crippen molar-refractivity contribution >= 4 is 52.9 Å². The summed E-state index contributed by atoms with van der Waals surface area (Å²) in [5.74, 6) is 0.577. The highest BCUT2D eigenvalue weighted by atomic mass is 32.2. The lowest BCUT2D eigenvalue weighted by Gasteiger charge is -2.48.